The van der Waals surface area contributed by atoms with E-state index in [4.69, 9.17) is 0 Å². The molecule has 0 spiro atoms. The van der Waals surface area contributed by atoms with E-state index in [1.807, 2.05) is 0 Å². The summed E-state index contributed by atoms with van der Waals surface area (Å²) in [5, 5.41) is 0. The van der Waals surface area contributed by atoms with Crippen LogP contribution in [0.1, 0.15) is 5.56 Å². The van der Waals surface area contributed by atoms with Crippen molar-refractivity contribution in [3.05, 3.63) is 182 Å². The highest BCUT2D eigenvalue weighted by Gasteiger charge is 2.29. The number of hydrogen-bond acceptors (Lipinski definition) is 0. The highest BCUT2D eigenvalue weighted by atomic mass is 15.1. The zero-order valence-corrected chi connectivity index (χ0v) is 27.6. The number of para-hydroxylation sites is 1. The number of aryl methyl sites for hydroxylation is 2. The van der Waals surface area contributed by atoms with Crippen molar-refractivity contribution in [1.82, 2.24) is 4.57 Å². The topological polar surface area (TPSA) is 8.81 Å². The third-order valence-corrected chi connectivity index (χ3v) is 10.00. The summed E-state index contributed by atoms with van der Waals surface area (Å²) < 4.78 is 4.67. The molecule has 9 rings (SSSR count). The second-order valence-electron chi connectivity index (χ2n) is 12.9. The fraction of sp³-hybridized carbons (Fsp3) is 0.0426. The molecule has 0 bridgehead atoms. The van der Waals surface area contributed by atoms with Crippen molar-refractivity contribution in [2.45, 2.75) is 6.92 Å². The lowest BCUT2D eigenvalue weighted by atomic mass is 9.79. The van der Waals surface area contributed by atoms with Crippen LogP contribution in [0.25, 0.3) is 83.8 Å². The average molecular weight is 628 g/mol. The average Bonchev–Trinajstić information content (AvgIpc) is 3.55. The Morgan fingerprint density at radius 2 is 0.776 bits per heavy atom. The van der Waals surface area contributed by atoms with E-state index in [0.717, 1.165) is 5.82 Å². The van der Waals surface area contributed by atoms with Gasteiger partial charge in [-0.2, -0.15) is 4.57 Å². The van der Waals surface area contributed by atoms with Crippen LogP contribution in [-0.4, -0.2) is 4.57 Å². The molecule has 8 aromatic rings. The smallest absolute Gasteiger partial charge is 0.232 e. The summed E-state index contributed by atoms with van der Waals surface area (Å²) in [6.45, 7) is 2.26. The lowest BCUT2D eigenvalue weighted by Crippen LogP contribution is -2.29. The maximum atomic E-state index is 2.44. The van der Waals surface area contributed by atoms with Crippen LogP contribution < -0.4 is 4.57 Å². The Hall–Kier alpha value is -6.25. The molecule has 7 aromatic carbocycles. The summed E-state index contributed by atoms with van der Waals surface area (Å²) in [4.78, 5) is 0. The summed E-state index contributed by atoms with van der Waals surface area (Å²) in [5.74, 6) is 1.13. The number of fused-ring (bicyclic) bond motifs is 8. The maximum absolute atomic E-state index is 2.44. The molecule has 0 atom stereocenters. The summed E-state index contributed by atoms with van der Waals surface area (Å²) >= 11 is 0. The van der Waals surface area contributed by atoms with Gasteiger partial charge in [0.1, 0.15) is 18.1 Å². The van der Waals surface area contributed by atoms with Crippen molar-refractivity contribution in [2.24, 2.45) is 7.05 Å². The van der Waals surface area contributed by atoms with Crippen LogP contribution in [-0.2, 0) is 7.05 Å². The van der Waals surface area contributed by atoms with Gasteiger partial charge in [0.25, 0.3) is 5.82 Å². The summed E-state index contributed by atoms with van der Waals surface area (Å²) in [5.41, 5.74) is 18.4. The second-order valence-corrected chi connectivity index (χ2v) is 12.9. The van der Waals surface area contributed by atoms with Gasteiger partial charge in [0.05, 0.1) is 12.6 Å². The number of nitrogens with zero attached hydrogens (tertiary/aromatic N) is 2. The van der Waals surface area contributed by atoms with Gasteiger partial charge in [0.15, 0.2) is 0 Å². The van der Waals surface area contributed by atoms with E-state index in [0.29, 0.717) is 0 Å². The Morgan fingerprint density at radius 1 is 0.388 bits per heavy atom. The Kier molecular flexibility index (Phi) is 6.95. The Balaban J connectivity index is 1.34. The van der Waals surface area contributed by atoms with Crippen molar-refractivity contribution in [3.8, 4) is 83.8 Å². The van der Waals surface area contributed by atoms with Crippen LogP contribution >= 0.6 is 0 Å². The lowest BCUT2D eigenvalue weighted by molar-refractivity contribution is -0.659. The normalized spacial score (nSPS) is 11.5. The molecule has 0 unspecified atom stereocenters. The first-order valence-electron chi connectivity index (χ1n) is 16.9. The number of rotatable bonds is 4. The van der Waals surface area contributed by atoms with E-state index < -0.39 is 0 Å². The second kappa shape index (κ2) is 11.8. The third kappa shape index (κ3) is 4.76. The molecule has 0 radical (unpaired) electrons. The molecule has 0 N–H and O–H groups in total. The molecular weight excluding hydrogens is 593 g/mol. The molecule has 1 aliphatic carbocycles. The Morgan fingerprint density at radius 3 is 1.24 bits per heavy atom. The molecule has 0 saturated carbocycles. The monoisotopic (exact) mass is 627 g/mol. The van der Waals surface area contributed by atoms with E-state index >= 15 is 0 Å². The van der Waals surface area contributed by atoms with Crippen LogP contribution in [0.15, 0.2) is 176 Å². The molecule has 0 saturated heterocycles. The first-order chi connectivity index (χ1) is 24.2. The van der Waals surface area contributed by atoms with E-state index in [2.05, 4.69) is 199 Å². The van der Waals surface area contributed by atoms with E-state index in [9.17, 15) is 0 Å². The van der Waals surface area contributed by atoms with Crippen LogP contribution in [0.2, 0.25) is 0 Å². The third-order valence-electron chi connectivity index (χ3n) is 10.00. The quantitative estimate of drug-likeness (QED) is 0.172. The standard InChI is InChI=1S/C47H35N2/c1-32-30-44-41-24-13-11-22-39(41)37-20-9-10-21-38(37)40-23-12-14-25-42(40)45(44)31-43(32)47-48(2)28-29-49(47)46-35(33-16-5-3-6-17-33)26-15-27-36(46)34-18-7-4-8-19-34/h3-31H,1-2H3/q+1. The summed E-state index contributed by atoms with van der Waals surface area (Å²) in [6, 6.07) is 59.6. The lowest BCUT2D eigenvalue weighted by Gasteiger charge is -2.24. The minimum atomic E-state index is 1.13. The zero-order valence-electron chi connectivity index (χ0n) is 27.6. The van der Waals surface area contributed by atoms with Crippen molar-refractivity contribution in [3.63, 3.8) is 0 Å². The van der Waals surface area contributed by atoms with Crippen molar-refractivity contribution < 1.29 is 4.57 Å². The first-order valence-corrected chi connectivity index (χ1v) is 16.9. The number of imidazole rings is 1. The first kappa shape index (κ1) is 28.9. The van der Waals surface area contributed by atoms with Gasteiger partial charge in [-0.25, -0.2) is 4.57 Å². The number of aromatic nitrogens is 2. The minimum Gasteiger partial charge on any atom is -0.232 e. The molecule has 0 fully saturated rings. The SMILES string of the molecule is Cc1cc2c(cc1-c1n(-c3c(-c4ccccc4)cccc3-c3ccccc3)cc[n+]1C)-c1ccccc1-c1ccccc1-c1ccccc1-2. The van der Waals surface area contributed by atoms with Crippen LogP contribution in [0.5, 0.6) is 0 Å². The molecular formula is C47H35N2+. The van der Waals surface area contributed by atoms with Gasteiger partial charge in [0.2, 0.25) is 0 Å². The molecule has 0 amide bonds. The van der Waals surface area contributed by atoms with Gasteiger partial charge in [-0.1, -0.05) is 152 Å². The van der Waals surface area contributed by atoms with Crippen LogP contribution in [0.3, 0.4) is 0 Å². The highest BCUT2D eigenvalue weighted by Crippen LogP contribution is 2.49. The maximum Gasteiger partial charge on any atom is 0.294 e. The van der Waals surface area contributed by atoms with E-state index in [-0.39, 0.29) is 0 Å². The molecule has 232 valence electrons. The summed E-state index contributed by atoms with van der Waals surface area (Å²) in [6.07, 6.45) is 4.40. The Bertz CT molecular complexity index is 2450. The largest absolute Gasteiger partial charge is 0.294 e. The fourth-order valence-electron chi connectivity index (χ4n) is 7.74. The number of hydrogen-bond donors (Lipinski definition) is 0. The van der Waals surface area contributed by atoms with Crippen LogP contribution in [0.4, 0.5) is 0 Å². The van der Waals surface area contributed by atoms with Crippen molar-refractivity contribution in [2.75, 3.05) is 0 Å². The molecule has 2 nitrogen and oxygen atoms in total. The van der Waals surface area contributed by atoms with E-state index in [1.165, 1.54) is 83.6 Å². The molecule has 1 aliphatic rings. The number of benzene rings is 7. The molecule has 1 aromatic heterocycles. The van der Waals surface area contributed by atoms with Crippen molar-refractivity contribution in [1.29, 1.82) is 0 Å². The van der Waals surface area contributed by atoms with Crippen LogP contribution in [0, 0.1) is 6.92 Å². The molecule has 49 heavy (non-hydrogen) atoms. The minimum absolute atomic E-state index is 1.13. The Labute approximate surface area is 287 Å². The summed E-state index contributed by atoms with van der Waals surface area (Å²) in [7, 11) is 2.16. The molecule has 2 heteroatoms. The van der Waals surface area contributed by atoms with Gasteiger partial charge in [-0.3, -0.25) is 0 Å². The predicted molar refractivity (Wildman–Crippen MR) is 203 cm³/mol. The van der Waals surface area contributed by atoms with Crippen molar-refractivity contribution >= 4 is 0 Å². The predicted octanol–water partition coefficient (Wildman–Crippen LogP) is 11.6. The molecule has 0 aliphatic heterocycles. The van der Waals surface area contributed by atoms with Gasteiger partial charge in [-0.05, 0) is 80.3 Å². The van der Waals surface area contributed by atoms with E-state index in [1.54, 1.807) is 0 Å². The molecule has 1 heterocycles. The van der Waals surface area contributed by atoms with Gasteiger partial charge in [0, 0.05) is 11.1 Å². The fourth-order valence-corrected chi connectivity index (χ4v) is 7.74. The van der Waals surface area contributed by atoms with Gasteiger partial charge in [-0.15, -0.1) is 0 Å². The highest BCUT2D eigenvalue weighted by molar-refractivity contribution is 6.04. The zero-order chi connectivity index (χ0) is 32.9. The van der Waals surface area contributed by atoms with Gasteiger partial charge < -0.3 is 0 Å². The van der Waals surface area contributed by atoms with Gasteiger partial charge >= 0.3 is 0 Å².